The van der Waals surface area contributed by atoms with Gasteiger partial charge in [-0.15, -0.1) is 0 Å². The van der Waals surface area contributed by atoms with E-state index in [9.17, 15) is 28.9 Å². The lowest BCUT2D eigenvalue weighted by Gasteiger charge is -2.61. The summed E-state index contributed by atoms with van der Waals surface area (Å²) in [6.07, 6.45) is 1.59. The molecule has 1 aromatic carbocycles. The van der Waals surface area contributed by atoms with E-state index in [1.807, 2.05) is 13.8 Å². The van der Waals surface area contributed by atoms with Gasteiger partial charge in [0.25, 0.3) is 0 Å². The second kappa shape index (κ2) is 9.42. The molecule has 1 aliphatic heterocycles. The number of carbonyl (C=O) groups excluding carboxylic acids is 3. The molecular weight excluding hydrogens is 494 g/mol. The minimum Gasteiger partial charge on any atom is -0.479 e. The Hall–Kier alpha value is -2.30. The molecule has 0 aromatic heterocycles. The molecule has 1 aromatic rings. The molecule has 10 heteroatoms. The first-order chi connectivity index (χ1) is 17.9. The number of hydrogen-bond acceptors (Lipinski definition) is 8. The molecule has 3 aliphatic carbocycles. The van der Waals surface area contributed by atoms with Crippen LogP contribution in [0.5, 0.6) is 5.75 Å². The Morgan fingerprint density at radius 3 is 2.74 bits per heavy atom. The fourth-order valence-corrected chi connectivity index (χ4v) is 8.11. The van der Waals surface area contributed by atoms with E-state index < -0.39 is 59.9 Å². The lowest BCUT2D eigenvalue weighted by molar-refractivity contribution is -0.210. The lowest BCUT2D eigenvalue weighted by Crippen LogP contribution is -2.63. The van der Waals surface area contributed by atoms with Crippen LogP contribution < -0.4 is 10.2 Å². The topological polar surface area (TPSA) is 119 Å². The number of esters is 1. The van der Waals surface area contributed by atoms with Gasteiger partial charge in [-0.05, 0) is 54.6 Å². The van der Waals surface area contributed by atoms with E-state index >= 15 is 0 Å². The highest BCUT2D eigenvalue weighted by Crippen LogP contribution is 2.67. The molecule has 2 N–H and O–H groups in total. The molecule has 3 fully saturated rings. The molecule has 2 bridgehead atoms. The van der Waals surface area contributed by atoms with E-state index in [1.165, 1.54) is 6.07 Å². The predicted octanol–water partition coefficient (Wildman–Crippen LogP) is 2.34. The number of ketones is 1. The van der Waals surface area contributed by atoms with Crippen LogP contribution in [0.3, 0.4) is 0 Å². The third kappa shape index (κ3) is 3.85. The van der Waals surface area contributed by atoms with Crippen LogP contribution in [0.15, 0.2) is 12.1 Å². The summed E-state index contributed by atoms with van der Waals surface area (Å²) in [6, 6.07) is 2.94. The van der Waals surface area contributed by atoms with Gasteiger partial charge in [-0.3, -0.25) is 4.79 Å². The van der Waals surface area contributed by atoms with E-state index in [0.29, 0.717) is 18.4 Å². The number of ether oxygens (including phenoxy) is 2. The van der Waals surface area contributed by atoms with Gasteiger partial charge in [0.1, 0.15) is 18.2 Å². The number of aldehydes is 1. The highest BCUT2D eigenvalue weighted by molar-refractivity contribution is 6.61. The van der Waals surface area contributed by atoms with E-state index in [1.54, 1.807) is 13.0 Å². The van der Waals surface area contributed by atoms with Crippen LogP contribution in [0.1, 0.15) is 65.4 Å². The minimum atomic E-state index is -1.40. The summed E-state index contributed by atoms with van der Waals surface area (Å²) in [5, 5.41) is 21.3. The average molecular weight is 530 g/mol. The van der Waals surface area contributed by atoms with Crippen LogP contribution in [0.25, 0.3) is 0 Å². The fraction of sp³-hybridized carbons (Fsp3) is 0.679. The number of Topliss-reactive ketones (excluding diaryl/α,β-unsaturated/α-hetero) is 1. The largest absolute Gasteiger partial charge is 0.494 e. The van der Waals surface area contributed by atoms with Crippen molar-refractivity contribution in [3.8, 4) is 5.75 Å². The van der Waals surface area contributed by atoms with Crippen molar-refractivity contribution in [2.75, 3.05) is 6.61 Å². The molecule has 0 spiro atoms. The van der Waals surface area contributed by atoms with Crippen molar-refractivity contribution in [2.45, 2.75) is 78.6 Å². The molecule has 8 atom stereocenters. The normalized spacial score (nSPS) is 40.1. The van der Waals surface area contributed by atoms with Crippen molar-refractivity contribution in [1.82, 2.24) is 0 Å². The molecule has 1 heterocycles. The van der Waals surface area contributed by atoms with E-state index in [-0.39, 0.29) is 41.9 Å². The maximum absolute atomic E-state index is 14.9. The molecule has 0 amide bonds. The molecule has 8 nitrogen and oxygen atoms in total. The van der Waals surface area contributed by atoms with Gasteiger partial charge in [0, 0.05) is 23.2 Å². The van der Waals surface area contributed by atoms with E-state index in [4.69, 9.17) is 14.1 Å². The van der Waals surface area contributed by atoms with Crippen LogP contribution in [0, 0.1) is 39.8 Å². The van der Waals surface area contributed by atoms with Crippen molar-refractivity contribution in [3.05, 3.63) is 23.5 Å². The number of fused-ring (bicyclic) bond motifs is 1. The third-order valence-corrected chi connectivity index (χ3v) is 10.6. The van der Waals surface area contributed by atoms with Crippen LogP contribution in [0.4, 0.5) is 4.39 Å². The van der Waals surface area contributed by atoms with Gasteiger partial charge in [0.15, 0.2) is 18.2 Å². The van der Waals surface area contributed by atoms with Gasteiger partial charge in [-0.25, -0.2) is 9.18 Å². The second-order valence-electron chi connectivity index (χ2n) is 12.4. The third-order valence-electron chi connectivity index (χ3n) is 10.6. The van der Waals surface area contributed by atoms with Crippen molar-refractivity contribution >= 4 is 30.6 Å². The molecule has 4 aliphatic rings. The van der Waals surface area contributed by atoms with Crippen LogP contribution in [-0.2, 0) is 30.4 Å². The van der Waals surface area contributed by atoms with Gasteiger partial charge in [0.2, 0.25) is 0 Å². The summed E-state index contributed by atoms with van der Waals surface area (Å²) in [6.45, 7) is 7.14. The molecule has 206 valence electrons. The zero-order chi connectivity index (χ0) is 27.6. The van der Waals surface area contributed by atoms with Gasteiger partial charge >= 0.3 is 13.1 Å². The first kappa shape index (κ1) is 27.3. The molecule has 5 rings (SSSR count). The van der Waals surface area contributed by atoms with Crippen LogP contribution in [0.2, 0.25) is 0 Å². The van der Waals surface area contributed by atoms with Crippen LogP contribution in [-0.4, -0.2) is 54.1 Å². The van der Waals surface area contributed by atoms with Gasteiger partial charge in [-0.2, -0.15) is 0 Å². The smallest absolute Gasteiger partial charge is 0.479 e. The molecule has 0 saturated heterocycles. The summed E-state index contributed by atoms with van der Waals surface area (Å²) in [4.78, 5) is 39.0. The highest BCUT2D eigenvalue weighted by atomic mass is 19.1. The summed E-state index contributed by atoms with van der Waals surface area (Å²) in [5.74, 6) is -2.32. The maximum atomic E-state index is 14.9. The standard InChI is InChI=1S/C28H36BFO8/c1-15-7-9-28-10-8-18(32)24(28)27(15,4)20(11-26(3,14-31)25(34)16(28)2)38-21(33)13-36-19-6-5-17-12-37-29(35)22(17)23(19)30/h5-6,14-16,20,24-25,34-35H,7-13H2,1-4H3/t15-,16+,20-,24+,25+,26+,27+,28+/m1/s1. The zero-order valence-electron chi connectivity index (χ0n) is 22.4. The quantitative estimate of drug-likeness (QED) is 0.338. The Kier molecular flexibility index (Phi) is 6.76. The molecule has 38 heavy (non-hydrogen) atoms. The molecule has 0 unspecified atom stereocenters. The Bertz CT molecular complexity index is 1160. The number of halogens is 1. The van der Waals surface area contributed by atoms with Gasteiger partial charge < -0.3 is 29.1 Å². The highest BCUT2D eigenvalue weighted by Gasteiger charge is 2.68. The molecular formula is C28H36BFO8. The van der Waals surface area contributed by atoms with E-state index in [2.05, 4.69) is 6.92 Å². The number of rotatable bonds is 5. The summed E-state index contributed by atoms with van der Waals surface area (Å²) >= 11 is 0. The van der Waals surface area contributed by atoms with E-state index in [0.717, 1.165) is 19.1 Å². The summed E-state index contributed by atoms with van der Waals surface area (Å²) < 4.78 is 31.4. The number of benzene rings is 1. The van der Waals surface area contributed by atoms with Gasteiger partial charge in [-0.1, -0.05) is 33.8 Å². The first-order valence-electron chi connectivity index (χ1n) is 13.5. The minimum absolute atomic E-state index is 0.0135. The van der Waals surface area contributed by atoms with Crippen LogP contribution >= 0.6 is 0 Å². The number of aliphatic hydroxyl groups is 1. The Morgan fingerprint density at radius 2 is 2.03 bits per heavy atom. The van der Waals surface area contributed by atoms with Crippen molar-refractivity contribution in [2.24, 2.45) is 34.0 Å². The monoisotopic (exact) mass is 530 g/mol. The first-order valence-corrected chi connectivity index (χ1v) is 13.5. The number of aliphatic hydroxyl groups excluding tert-OH is 1. The predicted molar refractivity (Wildman–Crippen MR) is 135 cm³/mol. The average Bonchev–Trinajstić information content (AvgIpc) is 3.45. The van der Waals surface area contributed by atoms with Gasteiger partial charge in [0.05, 0.1) is 18.1 Å². The lowest BCUT2D eigenvalue weighted by atomic mass is 9.44. The Balaban J connectivity index is 1.44. The SMILES string of the molecule is C[C@@H]1CC[C@@]23CCC(=O)[C@H]2[C@]1(C)[C@H](OC(=O)COc1ccc2c(c1F)B(O)OC2)C[C@@](C)(C=O)[C@@H](O)[C@@H]3C. The molecule has 3 saturated carbocycles. The van der Waals surface area contributed by atoms with Crippen molar-refractivity contribution in [1.29, 1.82) is 0 Å². The van der Waals surface area contributed by atoms with Crippen molar-refractivity contribution < 1.29 is 43.0 Å². The summed E-state index contributed by atoms with van der Waals surface area (Å²) in [7, 11) is -1.40. The molecule has 0 radical (unpaired) electrons. The fourth-order valence-electron chi connectivity index (χ4n) is 8.11. The van der Waals surface area contributed by atoms with Crippen molar-refractivity contribution in [3.63, 3.8) is 0 Å². The number of carbonyl (C=O) groups is 3. The maximum Gasteiger partial charge on any atom is 0.494 e. The second-order valence-corrected chi connectivity index (χ2v) is 12.4. The number of hydrogen-bond donors (Lipinski definition) is 2. The Morgan fingerprint density at radius 1 is 1.29 bits per heavy atom. The zero-order valence-corrected chi connectivity index (χ0v) is 22.4. The Labute approximate surface area is 222 Å². The summed E-state index contributed by atoms with van der Waals surface area (Å²) in [5.41, 5.74) is -1.92.